The van der Waals surface area contributed by atoms with E-state index in [1.54, 1.807) is 69.5 Å². The van der Waals surface area contributed by atoms with Gasteiger partial charge in [-0.25, -0.2) is 9.78 Å². The van der Waals surface area contributed by atoms with Crippen LogP contribution in [-0.2, 0) is 35.1 Å². The van der Waals surface area contributed by atoms with Gasteiger partial charge in [-0.05, 0) is 33.3 Å². The molecule has 0 spiro atoms. The van der Waals surface area contributed by atoms with Crippen LogP contribution in [-0.4, -0.2) is 107 Å². The molecule has 3 amide bonds. The summed E-state index contributed by atoms with van der Waals surface area (Å²) >= 11 is 0. The van der Waals surface area contributed by atoms with Crippen molar-refractivity contribution in [3.63, 3.8) is 0 Å². The highest BCUT2D eigenvalue weighted by molar-refractivity contribution is 5.96. The number of aromatic nitrogens is 1. The summed E-state index contributed by atoms with van der Waals surface area (Å²) in [4.78, 5) is 54.9. The predicted octanol–water partition coefficient (Wildman–Crippen LogP) is 1.84. The van der Waals surface area contributed by atoms with Crippen molar-refractivity contribution in [1.82, 2.24) is 20.5 Å². The Balaban J connectivity index is 2.58. The number of rotatable bonds is 20. The molecule has 1 rings (SSSR count). The predicted molar refractivity (Wildman–Crippen MR) is 187 cm³/mol. The molecule has 1 aromatic rings. The first-order valence-corrected chi connectivity index (χ1v) is 15.7. The summed E-state index contributed by atoms with van der Waals surface area (Å²) in [6, 6.07) is -1.25. The van der Waals surface area contributed by atoms with Gasteiger partial charge >= 0.3 is 5.97 Å². The monoisotopic (exact) mass is 698 g/mol. The van der Waals surface area contributed by atoms with Crippen LogP contribution in [0, 0.1) is 5.41 Å². The number of amides is 3. The third-order valence-corrected chi connectivity index (χ3v) is 7.45. The summed E-state index contributed by atoms with van der Waals surface area (Å²) in [5.74, 6) is -2.41. The lowest BCUT2D eigenvalue weighted by Gasteiger charge is -2.35. The number of allylic oxidation sites excluding steroid dienone is 11. The largest absolute Gasteiger partial charge is 0.467 e. The van der Waals surface area contributed by atoms with Crippen molar-refractivity contribution >= 4 is 23.7 Å². The van der Waals surface area contributed by atoms with Gasteiger partial charge in [0.1, 0.15) is 12.4 Å². The Bertz CT molecular complexity index is 1460. The zero-order valence-electron chi connectivity index (χ0n) is 29.6. The highest BCUT2D eigenvalue weighted by Crippen LogP contribution is 2.26. The van der Waals surface area contributed by atoms with Crippen LogP contribution in [0.2, 0.25) is 0 Å². The first-order chi connectivity index (χ1) is 23.7. The van der Waals surface area contributed by atoms with E-state index in [0.29, 0.717) is 12.0 Å². The van der Waals surface area contributed by atoms with Crippen molar-refractivity contribution in [3.05, 3.63) is 103 Å². The molecule has 0 aliphatic rings. The Kier molecular flexibility index (Phi) is 18.9. The maximum atomic E-state index is 12.9. The molecule has 1 aromatic heterocycles. The minimum atomic E-state index is -2.71. The molecule has 0 fully saturated rings. The van der Waals surface area contributed by atoms with Gasteiger partial charge in [-0.1, -0.05) is 72.9 Å². The van der Waals surface area contributed by atoms with Crippen LogP contribution >= 0.6 is 0 Å². The number of ether oxygens (including phenoxy) is 2. The van der Waals surface area contributed by atoms with Gasteiger partial charge in [0, 0.05) is 33.2 Å². The topological polar surface area (TPSA) is 201 Å². The number of carbonyl (C=O) groups excluding carboxylic acids is 4. The molecule has 0 saturated heterocycles. The smallest absolute Gasteiger partial charge is 0.331 e. The van der Waals surface area contributed by atoms with E-state index in [-0.39, 0.29) is 12.5 Å². The maximum absolute atomic E-state index is 12.9. The average molecular weight is 699 g/mol. The number of hydrogen-bond acceptors (Lipinski definition) is 11. The van der Waals surface area contributed by atoms with Crippen molar-refractivity contribution in [2.75, 3.05) is 34.4 Å². The lowest BCUT2D eigenvalue weighted by Crippen LogP contribution is -2.64. The Morgan fingerprint density at radius 2 is 1.64 bits per heavy atom. The Morgan fingerprint density at radius 1 is 1.02 bits per heavy atom. The van der Waals surface area contributed by atoms with Crippen molar-refractivity contribution in [2.45, 2.75) is 58.1 Å². The number of aliphatic hydroxyl groups is 3. The van der Waals surface area contributed by atoms with E-state index in [9.17, 15) is 34.5 Å². The number of hydrogen-bond donors (Lipinski definition) is 5. The molecule has 0 aromatic carbocycles. The Hall–Kier alpha value is -4.89. The molecule has 0 bridgehead atoms. The van der Waals surface area contributed by atoms with Crippen LogP contribution < -0.4 is 10.6 Å². The second-order valence-corrected chi connectivity index (χ2v) is 11.6. The van der Waals surface area contributed by atoms with Gasteiger partial charge < -0.3 is 44.7 Å². The van der Waals surface area contributed by atoms with E-state index < -0.39 is 53.8 Å². The van der Waals surface area contributed by atoms with Gasteiger partial charge in [-0.2, -0.15) is 0 Å². The number of nitrogens with zero attached hydrogens (tertiary/aromatic N) is 2. The zero-order valence-corrected chi connectivity index (χ0v) is 29.6. The maximum Gasteiger partial charge on any atom is 0.331 e. The lowest BCUT2D eigenvalue weighted by atomic mass is 9.81. The second-order valence-electron chi connectivity index (χ2n) is 11.6. The van der Waals surface area contributed by atoms with Crippen molar-refractivity contribution in [1.29, 1.82) is 0 Å². The Labute approximate surface area is 293 Å². The molecule has 0 aliphatic heterocycles. The normalized spacial score (nSPS) is 16.0. The zero-order chi connectivity index (χ0) is 37.7. The van der Waals surface area contributed by atoms with Gasteiger partial charge in [0.05, 0.1) is 30.9 Å². The number of esters is 1. The fraction of sp³-hybridized carbons (Fsp3) is 0.417. The van der Waals surface area contributed by atoms with Crippen LogP contribution in [0.3, 0.4) is 0 Å². The van der Waals surface area contributed by atoms with Gasteiger partial charge in [0.2, 0.25) is 17.5 Å². The van der Waals surface area contributed by atoms with Gasteiger partial charge in [-0.3, -0.25) is 14.4 Å². The third-order valence-electron chi connectivity index (χ3n) is 7.45. The first-order valence-electron chi connectivity index (χ1n) is 15.7. The van der Waals surface area contributed by atoms with Gasteiger partial charge in [0.25, 0.3) is 5.91 Å². The van der Waals surface area contributed by atoms with Crippen LogP contribution in [0.1, 0.15) is 33.5 Å². The first kappa shape index (κ1) is 43.1. The summed E-state index contributed by atoms with van der Waals surface area (Å²) in [6.45, 7) is 5.67. The second kappa shape index (κ2) is 22.0. The number of aliphatic hydroxyl groups excluding tert-OH is 2. The number of carbonyl (C=O) groups is 4. The third kappa shape index (κ3) is 13.9. The average Bonchev–Trinajstić information content (AvgIpc) is 3.62. The molecule has 4 atom stereocenters. The molecule has 0 aliphatic carbocycles. The molecular weight excluding hydrogens is 648 g/mol. The van der Waals surface area contributed by atoms with Crippen LogP contribution in [0.4, 0.5) is 0 Å². The summed E-state index contributed by atoms with van der Waals surface area (Å²) < 4.78 is 15.0. The molecule has 50 heavy (non-hydrogen) atoms. The quantitative estimate of drug-likeness (QED) is 0.0576. The fourth-order valence-corrected chi connectivity index (χ4v) is 4.33. The molecule has 0 radical (unpaired) electrons. The number of nitrogens with one attached hydrogen (secondary N) is 2. The summed E-state index contributed by atoms with van der Waals surface area (Å²) in [7, 11) is 3.65. The number of methoxy groups -OCH3 is 2. The van der Waals surface area contributed by atoms with E-state index in [2.05, 4.69) is 10.3 Å². The molecular formula is C36H50N4O10. The molecule has 0 saturated carbocycles. The summed E-state index contributed by atoms with van der Waals surface area (Å²) in [5.41, 5.74) is -3.16. The lowest BCUT2D eigenvalue weighted by molar-refractivity contribution is -0.172. The fourth-order valence-electron chi connectivity index (χ4n) is 4.33. The number of oxazole rings is 1. The van der Waals surface area contributed by atoms with E-state index in [0.717, 1.165) is 23.8 Å². The highest BCUT2D eigenvalue weighted by atomic mass is 16.5. The van der Waals surface area contributed by atoms with Crippen molar-refractivity contribution in [3.8, 4) is 0 Å². The number of likely N-dealkylation sites (N-methyl/N-ethyl adjacent to an activating group) is 1. The van der Waals surface area contributed by atoms with Gasteiger partial charge in [-0.15, -0.1) is 0 Å². The van der Waals surface area contributed by atoms with E-state index in [1.165, 1.54) is 39.6 Å². The molecule has 14 heteroatoms. The summed E-state index contributed by atoms with van der Waals surface area (Å²) in [6.07, 6.45) is 23.2. The summed E-state index contributed by atoms with van der Waals surface area (Å²) in [5, 5.41) is 35.9. The van der Waals surface area contributed by atoms with Crippen LogP contribution in [0.5, 0.6) is 0 Å². The standard InChI is InChI=1S/C36H50N4O10/c1-26(19-15-12-13-16-20-28-23-37-25-50-28)31(43)35(3,4)33(45)38-22-18-14-10-8-9-11-17-21-29(42)39-36(47,24-41)34(46)40(5)30(27(2)48-6)32(44)49-7/h8-19,21,23,25,27,30-31,41,43,47H,20,22,24H2,1-7H3,(H,38,45)(H,39,42)/b10-8+,11-9+,15-12-,16-13+,18-14-,21-17+,26-19-. The van der Waals surface area contributed by atoms with Crippen LogP contribution in [0.25, 0.3) is 0 Å². The molecule has 274 valence electrons. The molecule has 1 heterocycles. The molecule has 5 N–H and O–H groups in total. The highest BCUT2D eigenvalue weighted by Gasteiger charge is 2.44. The molecule has 4 unspecified atom stereocenters. The SMILES string of the molecule is COC(=O)C(C(C)OC)N(C)C(=O)C(O)(CO)NC(=O)/C=C/C=C/C=C/C=C\CNC(=O)C(C)(C)C(O)\C(C)=C/C=C\C=C\Cc1cnco1. The van der Waals surface area contributed by atoms with Crippen LogP contribution in [0.15, 0.2) is 102 Å². The van der Waals surface area contributed by atoms with Crippen molar-refractivity contribution in [2.24, 2.45) is 5.41 Å². The Morgan fingerprint density at radius 3 is 2.24 bits per heavy atom. The van der Waals surface area contributed by atoms with Gasteiger partial charge in [0.15, 0.2) is 12.4 Å². The molecule has 14 nitrogen and oxygen atoms in total. The minimum Gasteiger partial charge on any atom is -0.467 e. The van der Waals surface area contributed by atoms with E-state index in [4.69, 9.17) is 13.9 Å². The van der Waals surface area contributed by atoms with E-state index >= 15 is 0 Å². The van der Waals surface area contributed by atoms with E-state index in [1.807, 2.05) is 23.5 Å². The minimum absolute atomic E-state index is 0.230. The van der Waals surface area contributed by atoms with Crippen molar-refractivity contribution < 1.29 is 48.4 Å².